The SMILES string of the molecule is CC(C)CC[C@H](C)NC(=O)c1ccc(Oc2ccc(F)cc2)cc1. The van der Waals surface area contributed by atoms with E-state index in [1.165, 1.54) is 12.1 Å². The topological polar surface area (TPSA) is 38.3 Å². The van der Waals surface area contributed by atoms with Gasteiger partial charge in [-0.3, -0.25) is 4.79 Å². The Bertz CT molecular complexity index is 650. The van der Waals surface area contributed by atoms with Gasteiger partial charge in [0.2, 0.25) is 0 Å². The maximum absolute atomic E-state index is 12.9. The molecule has 0 fully saturated rings. The quantitative estimate of drug-likeness (QED) is 0.761. The first kappa shape index (κ1) is 18.0. The number of hydrogen-bond acceptors (Lipinski definition) is 2. The van der Waals surface area contributed by atoms with Gasteiger partial charge < -0.3 is 10.1 Å². The summed E-state index contributed by atoms with van der Waals surface area (Å²) >= 11 is 0. The van der Waals surface area contributed by atoms with Crippen LogP contribution in [0.15, 0.2) is 48.5 Å². The Morgan fingerprint density at radius 3 is 2.04 bits per heavy atom. The molecule has 0 saturated carbocycles. The van der Waals surface area contributed by atoms with Crippen molar-refractivity contribution in [3.05, 3.63) is 59.9 Å². The van der Waals surface area contributed by atoms with Crippen molar-refractivity contribution in [3.8, 4) is 11.5 Å². The Balaban J connectivity index is 1.91. The summed E-state index contributed by atoms with van der Waals surface area (Å²) in [4.78, 5) is 12.2. The predicted octanol–water partition coefficient (Wildman–Crippen LogP) is 5.17. The van der Waals surface area contributed by atoms with Crippen LogP contribution in [-0.2, 0) is 0 Å². The van der Waals surface area contributed by atoms with Crippen molar-refractivity contribution in [1.82, 2.24) is 5.32 Å². The van der Waals surface area contributed by atoms with E-state index < -0.39 is 0 Å². The van der Waals surface area contributed by atoms with Crippen molar-refractivity contribution < 1.29 is 13.9 Å². The van der Waals surface area contributed by atoms with Gasteiger partial charge in [-0.05, 0) is 74.2 Å². The van der Waals surface area contributed by atoms with Gasteiger partial charge in [0.15, 0.2) is 0 Å². The molecule has 0 radical (unpaired) electrons. The molecule has 3 nitrogen and oxygen atoms in total. The molecule has 2 aromatic carbocycles. The van der Waals surface area contributed by atoms with E-state index in [1.54, 1.807) is 36.4 Å². The summed E-state index contributed by atoms with van der Waals surface area (Å²) in [5.41, 5.74) is 0.595. The largest absolute Gasteiger partial charge is 0.457 e. The second-order valence-corrected chi connectivity index (χ2v) is 6.43. The third-order valence-electron chi connectivity index (χ3n) is 3.72. The first-order valence-electron chi connectivity index (χ1n) is 8.28. The van der Waals surface area contributed by atoms with E-state index in [4.69, 9.17) is 4.74 Å². The molecule has 0 spiro atoms. The lowest BCUT2D eigenvalue weighted by atomic mass is 10.0. The molecule has 0 saturated heterocycles. The van der Waals surface area contributed by atoms with Gasteiger partial charge in [0.05, 0.1) is 0 Å². The van der Waals surface area contributed by atoms with Crippen LogP contribution in [0.2, 0.25) is 0 Å². The van der Waals surface area contributed by atoms with Crippen molar-refractivity contribution in [3.63, 3.8) is 0 Å². The van der Waals surface area contributed by atoms with Gasteiger partial charge in [-0.2, -0.15) is 0 Å². The van der Waals surface area contributed by atoms with Crippen molar-refractivity contribution in [2.24, 2.45) is 5.92 Å². The highest BCUT2D eigenvalue weighted by Crippen LogP contribution is 2.22. The van der Waals surface area contributed by atoms with Gasteiger partial charge in [0.25, 0.3) is 5.91 Å². The number of rotatable bonds is 7. The molecule has 0 aliphatic heterocycles. The minimum absolute atomic E-state index is 0.0837. The van der Waals surface area contributed by atoms with Crippen LogP contribution in [0, 0.1) is 11.7 Å². The molecule has 0 aliphatic rings. The monoisotopic (exact) mass is 329 g/mol. The van der Waals surface area contributed by atoms with Crippen molar-refractivity contribution in [1.29, 1.82) is 0 Å². The number of ether oxygens (including phenoxy) is 1. The molecular weight excluding hydrogens is 305 g/mol. The highest BCUT2D eigenvalue weighted by atomic mass is 19.1. The van der Waals surface area contributed by atoms with E-state index in [9.17, 15) is 9.18 Å². The first-order chi connectivity index (χ1) is 11.4. The molecule has 0 heterocycles. The molecule has 4 heteroatoms. The second-order valence-electron chi connectivity index (χ2n) is 6.43. The molecule has 0 unspecified atom stereocenters. The molecular formula is C20H24FNO2. The highest BCUT2D eigenvalue weighted by molar-refractivity contribution is 5.94. The van der Waals surface area contributed by atoms with Crippen LogP contribution in [0.1, 0.15) is 44.0 Å². The lowest BCUT2D eigenvalue weighted by Gasteiger charge is -2.15. The molecule has 1 amide bonds. The zero-order chi connectivity index (χ0) is 17.5. The Labute approximate surface area is 142 Å². The molecule has 0 aliphatic carbocycles. The summed E-state index contributed by atoms with van der Waals surface area (Å²) in [6, 6.07) is 12.9. The van der Waals surface area contributed by atoms with E-state index >= 15 is 0 Å². The molecule has 1 atom stereocenters. The van der Waals surface area contributed by atoms with Gasteiger partial charge in [-0.15, -0.1) is 0 Å². The zero-order valence-electron chi connectivity index (χ0n) is 14.4. The molecule has 2 rings (SSSR count). The fourth-order valence-electron chi connectivity index (χ4n) is 2.28. The second kappa shape index (κ2) is 8.48. The number of hydrogen-bond donors (Lipinski definition) is 1. The van der Waals surface area contributed by atoms with Crippen LogP contribution in [-0.4, -0.2) is 11.9 Å². The predicted molar refractivity (Wildman–Crippen MR) is 93.9 cm³/mol. The maximum Gasteiger partial charge on any atom is 0.251 e. The van der Waals surface area contributed by atoms with Crippen LogP contribution < -0.4 is 10.1 Å². The number of benzene rings is 2. The Morgan fingerprint density at radius 2 is 1.50 bits per heavy atom. The van der Waals surface area contributed by atoms with Gasteiger partial charge in [0, 0.05) is 11.6 Å². The third-order valence-corrected chi connectivity index (χ3v) is 3.72. The lowest BCUT2D eigenvalue weighted by molar-refractivity contribution is 0.0937. The fourth-order valence-corrected chi connectivity index (χ4v) is 2.28. The normalized spacial score (nSPS) is 12.0. The Kier molecular flexibility index (Phi) is 6.36. The minimum Gasteiger partial charge on any atom is -0.457 e. The summed E-state index contributed by atoms with van der Waals surface area (Å²) in [6.45, 7) is 6.37. The summed E-state index contributed by atoms with van der Waals surface area (Å²) < 4.78 is 18.5. The number of carbonyl (C=O) groups is 1. The molecule has 2 aromatic rings. The van der Waals surface area contributed by atoms with Gasteiger partial charge in [0.1, 0.15) is 17.3 Å². The average Bonchev–Trinajstić information content (AvgIpc) is 2.55. The lowest BCUT2D eigenvalue weighted by Crippen LogP contribution is -2.32. The maximum atomic E-state index is 12.9. The van der Waals surface area contributed by atoms with Crippen LogP contribution >= 0.6 is 0 Å². The van der Waals surface area contributed by atoms with Crippen LogP contribution in [0.25, 0.3) is 0 Å². The zero-order valence-corrected chi connectivity index (χ0v) is 14.4. The van der Waals surface area contributed by atoms with Crippen LogP contribution in [0.5, 0.6) is 11.5 Å². The molecule has 0 bridgehead atoms. The smallest absolute Gasteiger partial charge is 0.251 e. The summed E-state index contributed by atoms with van der Waals surface area (Å²) in [5.74, 6) is 1.40. The van der Waals surface area contributed by atoms with Gasteiger partial charge in [-0.1, -0.05) is 13.8 Å². The van der Waals surface area contributed by atoms with E-state index in [2.05, 4.69) is 19.2 Å². The first-order valence-corrected chi connectivity index (χ1v) is 8.28. The van der Waals surface area contributed by atoms with E-state index in [0.717, 1.165) is 12.8 Å². The number of halogens is 1. The minimum atomic E-state index is -0.305. The number of nitrogens with one attached hydrogen (secondary N) is 1. The Hall–Kier alpha value is -2.36. The van der Waals surface area contributed by atoms with E-state index in [-0.39, 0.29) is 17.8 Å². The standard InChI is InChI=1S/C20H24FNO2/c1-14(2)4-5-15(3)22-20(23)16-6-10-18(11-7-16)24-19-12-8-17(21)9-13-19/h6-15H,4-5H2,1-3H3,(H,22,23)/t15-/m0/s1. The van der Waals surface area contributed by atoms with Crippen LogP contribution in [0.3, 0.4) is 0 Å². The van der Waals surface area contributed by atoms with Gasteiger partial charge in [-0.25, -0.2) is 4.39 Å². The van der Waals surface area contributed by atoms with Crippen molar-refractivity contribution in [2.45, 2.75) is 39.7 Å². The summed E-state index contributed by atoms with van der Waals surface area (Å²) in [5, 5.41) is 3.01. The Morgan fingerprint density at radius 1 is 0.958 bits per heavy atom. The van der Waals surface area contributed by atoms with Crippen molar-refractivity contribution >= 4 is 5.91 Å². The fraction of sp³-hybridized carbons (Fsp3) is 0.350. The van der Waals surface area contributed by atoms with E-state index in [1.807, 2.05) is 6.92 Å². The van der Waals surface area contributed by atoms with E-state index in [0.29, 0.717) is 23.0 Å². The summed E-state index contributed by atoms with van der Waals surface area (Å²) in [6.07, 6.45) is 2.06. The van der Waals surface area contributed by atoms with Gasteiger partial charge >= 0.3 is 0 Å². The summed E-state index contributed by atoms with van der Waals surface area (Å²) in [7, 11) is 0. The van der Waals surface area contributed by atoms with Crippen LogP contribution in [0.4, 0.5) is 4.39 Å². The molecule has 1 N–H and O–H groups in total. The molecule has 128 valence electrons. The number of amides is 1. The highest BCUT2D eigenvalue weighted by Gasteiger charge is 2.10. The number of carbonyl (C=O) groups excluding carboxylic acids is 1. The third kappa shape index (κ3) is 5.69. The molecule has 24 heavy (non-hydrogen) atoms. The molecule has 0 aromatic heterocycles. The van der Waals surface area contributed by atoms with Crippen molar-refractivity contribution in [2.75, 3.05) is 0 Å². The average molecular weight is 329 g/mol.